The van der Waals surface area contributed by atoms with Crippen molar-refractivity contribution in [1.82, 2.24) is 19.9 Å². The van der Waals surface area contributed by atoms with Gasteiger partial charge in [0, 0.05) is 35.3 Å². The first-order valence-electron chi connectivity index (χ1n) is 8.25. The Morgan fingerprint density at radius 2 is 1.85 bits per heavy atom. The lowest BCUT2D eigenvalue weighted by molar-refractivity contribution is 0.100. The second kappa shape index (κ2) is 6.72. The number of carbonyl (C=O) groups excluding carboxylic acids is 1. The minimum Gasteiger partial charge on any atom is -0.368 e. The van der Waals surface area contributed by atoms with Crippen LogP contribution in [0.3, 0.4) is 0 Å². The molecule has 7 nitrogen and oxygen atoms in total. The van der Waals surface area contributed by atoms with E-state index < -0.39 is 5.91 Å². The molecule has 1 aromatic carbocycles. The highest BCUT2D eigenvalue weighted by Gasteiger charge is 2.18. The van der Waals surface area contributed by atoms with E-state index in [4.69, 9.17) is 11.5 Å². The molecule has 0 radical (unpaired) electrons. The summed E-state index contributed by atoms with van der Waals surface area (Å²) in [6.45, 7) is 0. The molecule has 0 aliphatic carbocycles. The molecule has 0 fully saturated rings. The fourth-order valence-electron chi connectivity index (χ4n) is 3.00. The number of H-pyrrole nitrogens is 1. The molecule has 5 N–H and O–H groups in total. The predicted octanol–water partition coefficient (Wildman–Crippen LogP) is 2.88. The van der Waals surface area contributed by atoms with E-state index in [9.17, 15) is 4.79 Å². The first kappa shape index (κ1) is 16.5. The van der Waals surface area contributed by atoms with Crippen molar-refractivity contribution in [3.05, 3.63) is 72.7 Å². The molecule has 3 aromatic heterocycles. The summed E-state index contributed by atoms with van der Waals surface area (Å²) >= 11 is 0. The molecule has 132 valence electrons. The number of nitrogens with zero attached hydrogens (tertiary/aromatic N) is 3. The van der Waals surface area contributed by atoms with Gasteiger partial charge in [0.25, 0.3) is 0 Å². The Labute approximate surface area is 155 Å². The number of amides is 1. The maximum atomic E-state index is 11.9. The predicted molar refractivity (Wildman–Crippen MR) is 103 cm³/mol. The zero-order valence-corrected chi connectivity index (χ0v) is 14.3. The molecule has 1 amide bonds. The molecular formula is C20H16N6O. The monoisotopic (exact) mass is 356 g/mol. The number of aromatic amines is 1. The summed E-state index contributed by atoms with van der Waals surface area (Å²) in [6, 6.07) is 14.7. The molecule has 0 unspecified atom stereocenters. The molecule has 0 aliphatic rings. The van der Waals surface area contributed by atoms with Gasteiger partial charge in [-0.25, -0.2) is 9.97 Å². The molecular weight excluding hydrogens is 340 g/mol. The van der Waals surface area contributed by atoms with Crippen molar-refractivity contribution in [2.24, 2.45) is 5.73 Å². The van der Waals surface area contributed by atoms with Crippen molar-refractivity contribution in [3.8, 4) is 33.8 Å². The molecule has 0 spiro atoms. The van der Waals surface area contributed by atoms with Gasteiger partial charge in [-0.15, -0.1) is 0 Å². The summed E-state index contributed by atoms with van der Waals surface area (Å²) in [6.07, 6.45) is 5.05. The summed E-state index contributed by atoms with van der Waals surface area (Å²) in [5.74, 6) is -0.305. The Morgan fingerprint density at radius 1 is 1.00 bits per heavy atom. The maximum Gasteiger partial charge on any atom is 0.249 e. The van der Waals surface area contributed by atoms with Gasteiger partial charge in [-0.1, -0.05) is 18.2 Å². The zero-order valence-electron chi connectivity index (χ0n) is 14.3. The lowest BCUT2D eigenvalue weighted by Crippen LogP contribution is -2.12. The van der Waals surface area contributed by atoms with Crippen LogP contribution in [0.25, 0.3) is 33.8 Å². The van der Waals surface area contributed by atoms with E-state index in [1.165, 1.54) is 0 Å². The molecule has 0 bridgehead atoms. The topological polar surface area (TPSA) is 124 Å². The summed E-state index contributed by atoms with van der Waals surface area (Å²) in [5.41, 5.74) is 16.4. The van der Waals surface area contributed by atoms with Crippen LogP contribution in [0.2, 0.25) is 0 Å². The molecule has 4 aromatic rings. The highest BCUT2D eigenvalue weighted by atomic mass is 16.1. The van der Waals surface area contributed by atoms with Crippen molar-refractivity contribution in [2.45, 2.75) is 0 Å². The Morgan fingerprint density at radius 3 is 2.59 bits per heavy atom. The van der Waals surface area contributed by atoms with Crippen LogP contribution in [-0.4, -0.2) is 25.8 Å². The van der Waals surface area contributed by atoms with Gasteiger partial charge in [0.05, 0.1) is 17.1 Å². The largest absolute Gasteiger partial charge is 0.368 e. The number of pyridine rings is 1. The quantitative estimate of drug-likeness (QED) is 0.519. The number of nitrogens with one attached hydrogen (secondary N) is 1. The average Bonchev–Trinajstić information content (AvgIpc) is 3.14. The first-order valence-corrected chi connectivity index (χ1v) is 8.25. The van der Waals surface area contributed by atoms with Crippen molar-refractivity contribution in [3.63, 3.8) is 0 Å². The number of benzene rings is 1. The third kappa shape index (κ3) is 3.13. The van der Waals surface area contributed by atoms with Crippen LogP contribution in [0, 0.1) is 0 Å². The van der Waals surface area contributed by atoms with Gasteiger partial charge in [0.15, 0.2) is 0 Å². The molecule has 4 rings (SSSR count). The first-order chi connectivity index (χ1) is 13.1. The number of primary amides is 1. The van der Waals surface area contributed by atoms with Gasteiger partial charge in [0.1, 0.15) is 0 Å². The minimum absolute atomic E-state index is 0.184. The fraction of sp³-hybridized carbons (Fsp3) is 0. The lowest BCUT2D eigenvalue weighted by atomic mass is 9.97. The van der Waals surface area contributed by atoms with Gasteiger partial charge in [0.2, 0.25) is 11.9 Å². The number of carbonyl (C=O) groups is 1. The van der Waals surface area contributed by atoms with Crippen molar-refractivity contribution >= 4 is 11.9 Å². The van der Waals surface area contributed by atoms with Crippen LogP contribution in [0.15, 0.2) is 67.1 Å². The zero-order chi connectivity index (χ0) is 18.8. The third-order valence-electron chi connectivity index (χ3n) is 4.20. The summed E-state index contributed by atoms with van der Waals surface area (Å²) < 4.78 is 0. The van der Waals surface area contributed by atoms with E-state index in [0.717, 1.165) is 28.1 Å². The highest BCUT2D eigenvalue weighted by molar-refractivity contribution is 6.02. The maximum absolute atomic E-state index is 11.9. The third-order valence-corrected chi connectivity index (χ3v) is 4.20. The SMILES string of the molecule is NC(=O)c1ccccc1-c1cc(-c2ccnc(N)n2)[nH]c1-c1cccnc1. The van der Waals surface area contributed by atoms with E-state index in [1.807, 2.05) is 30.3 Å². The number of aromatic nitrogens is 4. The van der Waals surface area contributed by atoms with Gasteiger partial charge < -0.3 is 16.5 Å². The summed E-state index contributed by atoms with van der Waals surface area (Å²) in [7, 11) is 0. The number of anilines is 1. The van der Waals surface area contributed by atoms with E-state index in [0.29, 0.717) is 11.3 Å². The highest BCUT2D eigenvalue weighted by Crippen LogP contribution is 2.36. The van der Waals surface area contributed by atoms with E-state index in [-0.39, 0.29) is 5.95 Å². The van der Waals surface area contributed by atoms with E-state index >= 15 is 0 Å². The van der Waals surface area contributed by atoms with Crippen molar-refractivity contribution in [1.29, 1.82) is 0 Å². The molecule has 7 heteroatoms. The molecule has 0 aliphatic heterocycles. The summed E-state index contributed by atoms with van der Waals surface area (Å²) in [5, 5.41) is 0. The van der Waals surface area contributed by atoms with E-state index in [1.54, 1.807) is 36.8 Å². The van der Waals surface area contributed by atoms with Crippen molar-refractivity contribution < 1.29 is 4.79 Å². The average molecular weight is 356 g/mol. The molecule has 3 heterocycles. The Balaban J connectivity index is 1.97. The molecule has 0 atom stereocenters. The minimum atomic E-state index is -0.489. The smallest absolute Gasteiger partial charge is 0.249 e. The van der Waals surface area contributed by atoms with Crippen LogP contribution < -0.4 is 11.5 Å². The van der Waals surface area contributed by atoms with Gasteiger partial charge in [-0.3, -0.25) is 9.78 Å². The second-order valence-corrected chi connectivity index (χ2v) is 5.92. The van der Waals surface area contributed by atoms with Crippen LogP contribution >= 0.6 is 0 Å². The molecule has 0 saturated heterocycles. The standard InChI is InChI=1S/C20H16N6O/c21-19(27)14-6-2-1-5-13(14)15-10-17(16-7-9-24-20(22)26-16)25-18(15)12-4-3-8-23-11-12/h1-11,25H,(H2,21,27)(H2,22,24,26). The van der Waals surface area contributed by atoms with Gasteiger partial charge in [-0.05, 0) is 35.9 Å². The van der Waals surface area contributed by atoms with Gasteiger partial charge >= 0.3 is 0 Å². The summed E-state index contributed by atoms with van der Waals surface area (Å²) in [4.78, 5) is 27.7. The number of hydrogen-bond acceptors (Lipinski definition) is 5. The van der Waals surface area contributed by atoms with Crippen LogP contribution in [-0.2, 0) is 0 Å². The van der Waals surface area contributed by atoms with Crippen LogP contribution in [0.4, 0.5) is 5.95 Å². The lowest BCUT2D eigenvalue weighted by Gasteiger charge is -2.08. The van der Waals surface area contributed by atoms with Crippen molar-refractivity contribution in [2.75, 3.05) is 5.73 Å². The van der Waals surface area contributed by atoms with Crippen LogP contribution in [0.1, 0.15) is 10.4 Å². The number of nitrogen functional groups attached to an aromatic ring is 1. The number of hydrogen-bond donors (Lipinski definition) is 3. The Hall–Kier alpha value is -4.00. The molecule has 27 heavy (non-hydrogen) atoms. The second-order valence-electron chi connectivity index (χ2n) is 5.92. The van der Waals surface area contributed by atoms with E-state index in [2.05, 4.69) is 19.9 Å². The Kier molecular flexibility index (Phi) is 4.10. The Bertz CT molecular complexity index is 1120. The van der Waals surface area contributed by atoms with Gasteiger partial charge in [-0.2, -0.15) is 0 Å². The number of rotatable bonds is 4. The van der Waals surface area contributed by atoms with Crippen LogP contribution in [0.5, 0.6) is 0 Å². The normalized spacial score (nSPS) is 10.7. The molecule has 0 saturated carbocycles. The number of nitrogens with two attached hydrogens (primary N) is 2. The fourth-order valence-corrected chi connectivity index (χ4v) is 3.00.